The third kappa shape index (κ3) is 2.70. The minimum absolute atomic E-state index is 0.319. The second-order valence-corrected chi connectivity index (χ2v) is 4.62. The molecule has 0 atom stereocenters. The molecule has 0 fully saturated rings. The van der Waals surface area contributed by atoms with Gasteiger partial charge >= 0.3 is 0 Å². The Morgan fingerprint density at radius 2 is 2.25 bits per heavy atom. The molecule has 2 aromatic rings. The minimum atomic E-state index is -0.319. The molecular weight excluding hydrogens is 259 g/mol. The van der Waals surface area contributed by atoms with Gasteiger partial charge in [-0.05, 0) is 17.7 Å². The van der Waals surface area contributed by atoms with E-state index in [9.17, 15) is 4.39 Å². The number of ether oxygens (including phenoxy) is 1. The van der Waals surface area contributed by atoms with E-state index in [0.717, 1.165) is 29.9 Å². The van der Waals surface area contributed by atoms with Crippen LogP contribution < -0.4 is 15.4 Å². The summed E-state index contributed by atoms with van der Waals surface area (Å²) in [6.45, 7) is 2.03. The Morgan fingerprint density at radius 3 is 3.10 bits per heavy atom. The zero-order valence-corrected chi connectivity index (χ0v) is 11.1. The van der Waals surface area contributed by atoms with Crippen molar-refractivity contribution in [2.45, 2.75) is 19.6 Å². The Morgan fingerprint density at radius 1 is 1.35 bits per heavy atom. The summed E-state index contributed by atoms with van der Waals surface area (Å²) in [7, 11) is 1.52. The van der Waals surface area contributed by atoms with E-state index in [1.54, 1.807) is 6.07 Å². The van der Waals surface area contributed by atoms with Crippen LogP contribution in [-0.2, 0) is 19.6 Å². The number of rotatable bonds is 4. The van der Waals surface area contributed by atoms with Crippen LogP contribution in [0.2, 0.25) is 0 Å². The Kier molecular flexibility index (Phi) is 3.47. The SMILES string of the molecule is COc1cc(F)cc(CNc2ncc3c(n2)CNC3)c1. The van der Waals surface area contributed by atoms with Crippen LogP contribution in [0.3, 0.4) is 0 Å². The van der Waals surface area contributed by atoms with Gasteiger partial charge in [0, 0.05) is 37.5 Å². The topological polar surface area (TPSA) is 59.1 Å². The molecule has 1 aliphatic heterocycles. The first-order valence-corrected chi connectivity index (χ1v) is 6.37. The van der Waals surface area contributed by atoms with Crippen LogP contribution in [0.25, 0.3) is 0 Å². The maximum Gasteiger partial charge on any atom is 0.223 e. The van der Waals surface area contributed by atoms with Crippen LogP contribution in [0.1, 0.15) is 16.8 Å². The fourth-order valence-electron chi connectivity index (χ4n) is 2.17. The van der Waals surface area contributed by atoms with Gasteiger partial charge < -0.3 is 15.4 Å². The summed E-state index contributed by atoms with van der Waals surface area (Å²) in [5.41, 5.74) is 2.92. The number of methoxy groups -OCH3 is 1. The van der Waals surface area contributed by atoms with E-state index in [-0.39, 0.29) is 5.82 Å². The van der Waals surface area contributed by atoms with Crippen LogP contribution in [0.4, 0.5) is 10.3 Å². The summed E-state index contributed by atoms with van der Waals surface area (Å²) in [4.78, 5) is 8.67. The van der Waals surface area contributed by atoms with Gasteiger partial charge in [-0.3, -0.25) is 0 Å². The second kappa shape index (κ2) is 5.42. The lowest BCUT2D eigenvalue weighted by atomic mass is 10.2. The molecule has 3 rings (SSSR count). The van der Waals surface area contributed by atoms with E-state index in [0.29, 0.717) is 18.2 Å². The molecule has 1 aromatic heterocycles. The molecule has 1 aliphatic rings. The number of aromatic nitrogens is 2. The predicted molar refractivity (Wildman–Crippen MR) is 72.9 cm³/mol. The Balaban J connectivity index is 1.71. The molecule has 5 nitrogen and oxygen atoms in total. The predicted octanol–water partition coefficient (Wildman–Crippen LogP) is 1.84. The lowest BCUT2D eigenvalue weighted by Gasteiger charge is -2.08. The summed E-state index contributed by atoms with van der Waals surface area (Å²) in [6.07, 6.45) is 1.82. The lowest BCUT2D eigenvalue weighted by molar-refractivity contribution is 0.410. The highest BCUT2D eigenvalue weighted by Gasteiger charge is 2.12. The molecule has 0 saturated heterocycles. The van der Waals surface area contributed by atoms with Crippen molar-refractivity contribution in [1.29, 1.82) is 0 Å². The van der Waals surface area contributed by atoms with Gasteiger partial charge in [0.15, 0.2) is 0 Å². The highest BCUT2D eigenvalue weighted by atomic mass is 19.1. The van der Waals surface area contributed by atoms with Gasteiger partial charge in [0.1, 0.15) is 11.6 Å². The van der Waals surface area contributed by atoms with E-state index >= 15 is 0 Å². The Labute approximate surface area is 116 Å². The summed E-state index contributed by atoms with van der Waals surface area (Å²) >= 11 is 0. The van der Waals surface area contributed by atoms with E-state index in [1.165, 1.54) is 19.2 Å². The number of fused-ring (bicyclic) bond motifs is 1. The molecule has 0 spiro atoms. The molecule has 0 unspecified atom stereocenters. The molecule has 0 bridgehead atoms. The number of nitrogens with one attached hydrogen (secondary N) is 2. The van der Waals surface area contributed by atoms with Crippen LogP contribution in [0.15, 0.2) is 24.4 Å². The minimum Gasteiger partial charge on any atom is -0.497 e. The fraction of sp³-hybridized carbons (Fsp3) is 0.286. The molecule has 1 aromatic carbocycles. The van der Waals surface area contributed by atoms with Gasteiger partial charge in [0.05, 0.1) is 12.8 Å². The van der Waals surface area contributed by atoms with Crippen LogP contribution in [-0.4, -0.2) is 17.1 Å². The quantitative estimate of drug-likeness (QED) is 0.891. The fourth-order valence-corrected chi connectivity index (χ4v) is 2.17. The summed E-state index contributed by atoms with van der Waals surface area (Å²) in [5.74, 6) is 0.733. The van der Waals surface area contributed by atoms with Crippen molar-refractivity contribution in [2.24, 2.45) is 0 Å². The second-order valence-electron chi connectivity index (χ2n) is 4.62. The van der Waals surface area contributed by atoms with Gasteiger partial charge in [-0.25, -0.2) is 14.4 Å². The van der Waals surface area contributed by atoms with E-state index in [4.69, 9.17) is 4.74 Å². The average Bonchev–Trinajstić information content (AvgIpc) is 2.92. The molecule has 2 heterocycles. The first-order valence-electron chi connectivity index (χ1n) is 6.37. The van der Waals surface area contributed by atoms with Crippen LogP contribution in [0.5, 0.6) is 5.75 Å². The molecule has 0 saturated carbocycles. The van der Waals surface area contributed by atoms with Crippen molar-refractivity contribution in [2.75, 3.05) is 12.4 Å². The third-order valence-corrected chi connectivity index (χ3v) is 3.18. The highest BCUT2D eigenvalue weighted by molar-refractivity contribution is 5.35. The molecule has 104 valence electrons. The monoisotopic (exact) mass is 274 g/mol. The standard InChI is InChI=1S/C14H15FN4O/c1-20-12-3-9(2-11(15)4-12)5-17-14-18-7-10-6-16-8-13(10)19-14/h2-4,7,16H,5-6,8H2,1H3,(H,17,18,19). The lowest BCUT2D eigenvalue weighted by Crippen LogP contribution is -2.06. The number of benzene rings is 1. The third-order valence-electron chi connectivity index (χ3n) is 3.18. The van der Waals surface area contributed by atoms with Crippen molar-refractivity contribution in [3.8, 4) is 5.75 Å². The number of halogens is 1. The van der Waals surface area contributed by atoms with Crippen LogP contribution in [0, 0.1) is 5.82 Å². The molecule has 0 radical (unpaired) electrons. The van der Waals surface area contributed by atoms with E-state index in [1.807, 2.05) is 6.20 Å². The summed E-state index contributed by atoms with van der Waals surface area (Å²) < 4.78 is 18.4. The zero-order chi connectivity index (χ0) is 13.9. The first kappa shape index (κ1) is 12.8. The molecule has 0 aliphatic carbocycles. The van der Waals surface area contributed by atoms with Gasteiger partial charge in [0.25, 0.3) is 0 Å². The van der Waals surface area contributed by atoms with Gasteiger partial charge in [-0.1, -0.05) is 0 Å². The molecule has 6 heteroatoms. The number of hydrogen-bond donors (Lipinski definition) is 2. The van der Waals surface area contributed by atoms with Crippen molar-refractivity contribution in [3.05, 3.63) is 47.0 Å². The van der Waals surface area contributed by atoms with E-state index < -0.39 is 0 Å². The maximum absolute atomic E-state index is 13.4. The van der Waals surface area contributed by atoms with Crippen LogP contribution >= 0.6 is 0 Å². The largest absolute Gasteiger partial charge is 0.497 e. The molecular formula is C14H15FN4O. The van der Waals surface area contributed by atoms with Gasteiger partial charge in [-0.2, -0.15) is 0 Å². The van der Waals surface area contributed by atoms with Gasteiger partial charge in [-0.15, -0.1) is 0 Å². The zero-order valence-electron chi connectivity index (χ0n) is 11.1. The summed E-state index contributed by atoms with van der Waals surface area (Å²) in [5, 5.41) is 6.31. The first-order chi connectivity index (χ1) is 9.74. The molecule has 2 N–H and O–H groups in total. The van der Waals surface area contributed by atoms with Crippen molar-refractivity contribution in [3.63, 3.8) is 0 Å². The smallest absolute Gasteiger partial charge is 0.223 e. The molecule has 0 amide bonds. The van der Waals surface area contributed by atoms with Crippen molar-refractivity contribution in [1.82, 2.24) is 15.3 Å². The normalized spacial score (nSPS) is 13.1. The number of anilines is 1. The highest BCUT2D eigenvalue weighted by Crippen LogP contribution is 2.17. The summed E-state index contributed by atoms with van der Waals surface area (Å²) in [6, 6.07) is 4.59. The molecule has 20 heavy (non-hydrogen) atoms. The Bertz CT molecular complexity index is 633. The maximum atomic E-state index is 13.4. The average molecular weight is 274 g/mol. The number of nitrogens with zero attached hydrogens (tertiary/aromatic N) is 2. The van der Waals surface area contributed by atoms with Gasteiger partial charge in [0.2, 0.25) is 5.95 Å². The van der Waals surface area contributed by atoms with E-state index in [2.05, 4.69) is 20.6 Å². The van der Waals surface area contributed by atoms with Crippen molar-refractivity contribution < 1.29 is 9.13 Å². The number of hydrogen-bond acceptors (Lipinski definition) is 5. The Hall–Kier alpha value is -2.21. The van der Waals surface area contributed by atoms with Crippen molar-refractivity contribution >= 4 is 5.95 Å².